The van der Waals surface area contributed by atoms with Gasteiger partial charge in [0.05, 0.1) is 11.0 Å². The second-order valence-corrected chi connectivity index (χ2v) is 4.49. The molecule has 0 fully saturated rings. The molecule has 0 aromatic heterocycles. The molecule has 0 amide bonds. The van der Waals surface area contributed by atoms with Gasteiger partial charge < -0.3 is 15.7 Å². The molecule has 0 aliphatic rings. The van der Waals surface area contributed by atoms with Crippen molar-refractivity contribution in [3.63, 3.8) is 0 Å². The Kier molecular flexibility index (Phi) is 5.28. The average molecular weight is 300 g/mol. The lowest BCUT2D eigenvalue weighted by molar-refractivity contribution is 0.458. The Bertz CT molecular complexity index is 403. The van der Waals surface area contributed by atoms with E-state index in [1.54, 1.807) is 6.07 Å². The molecule has 5 heteroatoms. The first-order valence-electron chi connectivity index (χ1n) is 5.60. The van der Waals surface area contributed by atoms with E-state index in [1.807, 2.05) is 30.9 Å². The summed E-state index contributed by atoms with van der Waals surface area (Å²) in [5.74, 6) is 0.786. The normalized spacial score (nSPS) is 11.6. The second kappa shape index (κ2) is 6.49. The molecular formula is C12H18BrN3O. The highest BCUT2D eigenvalue weighted by atomic mass is 79.9. The number of halogens is 1. The maximum atomic E-state index is 9.37. The third-order valence-corrected chi connectivity index (χ3v) is 3.16. The molecule has 1 aromatic carbocycles. The summed E-state index contributed by atoms with van der Waals surface area (Å²) in [5.41, 5.74) is 6.87. The van der Waals surface area contributed by atoms with E-state index in [1.165, 1.54) is 0 Å². The second-order valence-electron chi connectivity index (χ2n) is 3.63. The summed E-state index contributed by atoms with van der Waals surface area (Å²) in [5, 5.41) is 9.37. The van der Waals surface area contributed by atoms with Crippen LogP contribution in [0.4, 0.5) is 0 Å². The lowest BCUT2D eigenvalue weighted by Gasteiger charge is -2.19. The molecule has 0 heterocycles. The quantitative estimate of drug-likeness (QED) is 0.662. The molecule has 1 rings (SSSR count). The topological polar surface area (TPSA) is 61.8 Å². The van der Waals surface area contributed by atoms with Crippen LogP contribution in [0.15, 0.2) is 27.7 Å². The minimum atomic E-state index is 0.231. The molecule has 0 aliphatic heterocycles. The van der Waals surface area contributed by atoms with E-state index in [0.717, 1.165) is 18.7 Å². The smallest absolute Gasteiger partial charge is 0.191 e. The molecule has 0 aliphatic carbocycles. The first kappa shape index (κ1) is 13.8. The largest absolute Gasteiger partial charge is 0.507 e. The van der Waals surface area contributed by atoms with Crippen LogP contribution in [0.1, 0.15) is 19.4 Å². The van der Waals surface area contributed by atoms with Crippen molar-refractivity contribution >= 4 is 21.9 Å². The molecular weight excluding hydrogens is 282 g/mol. The van der Waals surface area contributed by atoms with Crippen molar-refractivity contribution in [1.29, 1.82) is 0 Å². The third kappa shape index (κ3) is 3.93. The first-order chi connectivity index (χ1) is 8.08. The van der Waals surface area contributed by atoms with E-state index in [0.29, 0.717) is 17.0 Å². The molecule has 0 radical (unpaired) electrons. The zero-order valence-electron chi connectivity index (χ0n) is 10.2. The molecule has 4 nitrogen and oxygen atoms in total. The minimum absolute atomic E-state index is 0.231. The van der Waals surface area contributed by atoms with Gasteiger partial charge in [0.25, 0.3) is 0 Å². The van der Waals surface area contributed by atoms with Gasteiger partial charge in [0.1, 0.15) is 5.75 Å². The van der Waals surface area contributed by atoms with Gasteiger partial charge in [0.15, 0.2) is 5.96 Å². The molecule has 0 atom stereocenters. The molecule has 1 aromatic rings. The zero-order chi connectivity index (χ0) is 12.8. The minimum Gasteiger partial charge on any atom is -0.507 e. The maximum Gasteiger partial charge on any atom is 0.191 e. The molecule has 17 heavy (non-hydrogen) atoms. The number of aromatic hydroxyl groups is 1. The van der Waals surface area contributed by atoms with Gasteiger partial charge in [-0.05, 0) is 47.5 Å². The Morgan fingerprint density at radius 3 is 2.59 bits per heavy atom. The van der Waals surface area contributed by atoms with Gasteiger partial charge >= 0.3 is 0 Å². The van der Waals surface area contributed by atoms with Crippen LogP contribution in [0.3, 0.4) is 0 Å². The fourth-order valence-corrected chi connectivity index (χ4v) is 1.89. The Hall–Kier alpha value is -1.23. The Labute approximate surface area is 110 Å². The van der Waals surface area contributed by atoms with Crippen LogP contribution in [0.25, 0.3) is 0 Å². The van der Waals surface area contributed by atoms with Crippen molar-refractivity contribution < 1.29 is 5.11 Å². The van der Waals surface area contributed by atoms with Crippen LogP contribution < -0.4 is 5.73 Å². The fraction of sp³-hybridized carbons (Fsp3) is 0.417. The van der Waals surface area contributed by atoms with Crippen molar-refractivity contribution in [2.24, 2.45) is 10.7 Å². The van der Waals surface area contributed by atoms with Crippen LogP contribution in [-0.2, 0) is 6.54 Å². The van der Waals surface area contributed by atoms with E-state index < -0.39 is 0 Å². The Morgan fingerprint density at radius 1 is 1.41 bits per heavy atom. The summed E-state index contributed by atoms with van der Waals surface area (Å²) in [7, 11) is 0. The lowest BCUT2D eigenvalue weighted by atomic mass is 10.2. The number of nitrogens with zero attached hydrogens (tertiary/aromatic N) is 2. The Balaban J connectivity index is 2.71. The molecule has 0 unspecified atom stereocenters. The van der Waals surface area contributed by atoms with Crippen molar-refractivity contribution in [3.05, 3.63) is 28.2 Å². The predicted octanol–water partition coefficient (Wildman–Crippen LogP) is 2.31. The van der Waals surface area contributed by atoms with E-state index in [2.05, 4.69) is 20.9 Å². The van der Waals surface area contributed by atoms with Gasteiger partial charge in [-0.25, -0.2) is 4.99 Å². The highest BCUT2D eigenvalue weighted by molar-refractivity contribution is 9.10. The standard InChI is InChI=1S/C12H18BrN3O/c1-3-16(4-2)12(14)15-8-9-5-6-11(17)10(13)7-9/h5-7,17H,3-4,8H2,1-2H3,(H2,14,15). The van der Waals surface area contributed by atoms with Crippen LogP contribution in [0.5, 0.6) is 5.75 Å². The summed E-state index contributed by atoms with van der Waals surface area (Å²) in [4.78, 5) is 6.32. The number of rotatable bonds is 4. The molecule has 0 saturated carbocycles. The van der Waals surface area contributed by atoms with Crippen LogP contribution in [0.2, 0.25) is 0 Å². The number of phenolic OH excluding ortho intramolecular Hbond substituents is 1. The SMILES string of the molecule is CCN(CC)C(N)=NCc1ccc(O)c(Br)c1. The van der Waals surface area contributed by atoms with Crippen molar-refractivity contribution in [2.45, 2.75) is 20.4 Å². The predicted molar refractivity (Wildman–Crippen MR) is 74.1 cm³/mol. The summed E-state index contributed by atoms with van der Waals surface area (Å²) in [6.07, 6.45) is 0. The van der Waals surface area contributed by atoms with Gasteiger partial charge in [-0.2, -0.15) is 0 Å². The maximum absolute atomic E-state index is 9.37. The number of nitrogens with two attached hydrogens (primary N) is 1. The van der Waals surface area contributed by atoms with Gasteiger partial charge in [-0.1, -0.05) is 6.07 Å². The number of phenols is 1. The van der Waals surface area contributed by atoms with Gasteiger partial charge in [0, 0.05) is 13.1 Å². The summed E-state index contributed by atoms with van der Waals surface area (Å²) < 4.78 is 0.673. The number of guanidine groups is 1. The van der Waals surface area contributed by atoms with Gasteiger partial charge in [-0.3, -0.25) is 0 Å². The highest BCUT2D eigenvalue weighted by Gasteiger charge is 2.03. The summed E-state index contributed by atoms with van der Waals surface area (Å²) in [6.45, 7) is 6.31. The van der Waals surface area contributed by atoms with Crippen LogP contribution in [-0.4, -0.2) is 29.1 Å². The molecule has 0 spiro atoms. The molecule has 0 bridgehead atoms. The van der Waals surface area contributed by atoms with Crippen molar-refractivity contribution in [3.8, 4) is 5.75 Å². The third-order valence-electron chi connectivity index (χ3n) is 2.52. The number of benzene rings is 1. The highest BCUT2D eigenvalue weighted by Crippen LogP contribution is 2.24. The first-order valence-corrected chi connectivity index (χ1v) is 6.40. The van der Waals surface area contributed by atoms with Gasteiger partial charge in [0.2, 0.25) is 0 Å². The molecule has 94 valence electrons. The monoisotopic (exact) mass is 299 g/mol. The van der Waals surface area contributed by atoms with Crippen LogP contribution >= 0.6 is 15.9 Å². The molecule has 3 N–H and O–H groups in total. The number of aliphatic imine (C=N–C) groups is 1. The zero-order valence-corrected chi connectivity index (χ0v) is 11.7. The van der Waals surface area contributed by atoms with E-state index in [-0.39, 0.29) is 5.75 Å². The van der Waals surface area contributed by atoms with Crippen molar-refractivity contribution in [2.75, 3.05) is 13.1 Å². The van der Waals surface area contributed by atoms with Crippen molar-refractivity contribution in [1.82, 2.24) is 4.90 Å². The van der Waals surface area contributed by atoms with Crippen LogP contribution in [0, 0.1) is 0 Å². The number of hydrogen-bond donors (Lipinski definition) is 2. The molecule has 0 saturated heterocycles. The number of hydrogen-bond acceptors (Lipinski definition) is 2. The van der Waals surface area contributed by atoms with E-state index in [9.17, 15) is 5.11 Å². The van der Waals surface area contributed by atoms with E-state index in [4.69, 9.17) is 5.73 Å². The van der Waals surface area contributed by atoms with Gasteiger partial charge in [-0.15, -0.1) is 0 Å². The Morgan fingerprint density at radius 2 is 2.06 bits per heavy atom. The summed E-state index contributed by atoms with van der Waals surface area (Å²) in [6, 6.07) is 5.32. The fourth-order valence-electron chi connectivity index (χ4n) is 1.47. The lowest BCUT2D eigenvalue weighted by Crippen LogP contribution is -2.37. The average Bonchev–Trinajstić information content (AvgIpc) is 2.32. The van der Waals surface area contributed by atoms with E-state index >= 15 is 0 Å². The summed E-state index contributed by atoms with van der Waals surface area (Å²) >= 11 is 3.27.